The van der Waals surface area contributed by atoms with Crippen LogP contribution in [0.5, 0.6) is 0 Å². The third-order valence-corrected chi connectivity index (χ3v) is 2.60. The zero-order valence-corrected chi connectivity index (χ0v) is 8.67. The van der Waals surface area contributed by atoms with Gasteiger partial charge in [0.25, 0.3) is 0 Å². The van der Waals surface area contributed by atoms with Crippen LogP contribution in [0.3, 0.4) is 0 Å². The van der Waals surface area contributed by atoms with E-state index >= 15 is 0 Å². The fourth-order valence-corrected chi connectivity index (χ4v) is 1.09. The monoisotopic (exact) mass is 181 g/mol. The molecule has 0 bridgehead atoms. The Bertz CT molecular complexity index is 239. The van der Waals surface area contributed by atoms with Gasteiger partial charge in [-0.15, -0.1) is 0 Å². The molecule has 3 heteroatoms. The molecule has 0 aliphatic rings. The maximum atomic E-state index is 5.68. The van der Waals surface area contributed by atoms with Gasteiger partial charge in [-0.1, -0.05) is 0 Å². The second-order valence-corrected chi connectivity index (χ2v) is 4.07. The lowest BCUT2D eigenvalue weighted by molar-refractivity contribution is 0.154. The molecule has 0 aliphatic carbocycles. The Balaban J connectivity index is 2.55. The van der Waals surface area contributed by atoms with Crippen molar-refractivity contribution in [2.24, 2.45) is 5.73 Å². The summed E-state index contributed by atoms with van der Waals surface area (Å²) < 4.78 is 0. The predicted octanol–water partition coefficient (Wildman–Crippen LogP) is 1.18. The summed E-state index contributed by atoms with van der Waals surface area (Å²) in [6, 6.07) is 4.10. The Hall–Kier alpha value is -0.800. The summed E-state index contributed by atoms with van der Waals surface area (Å²) in [4.78, 5) is 5.43. The number of aromatic amines is 1. The molecule has 0 aromatic carbocycles. The van der Waals surface area contributed by atoms with E-state index in [1.165, 1.54) is 5.69 Å². The summed E-state index contributed by atoms with van der Waals surface area (Å²) in [5.74, 6) is 0. The zero-order chi connectivity index (χ0) is 9.90. The lowest BCUT2D eigenvalue weighted by Gasteiger charge is -2.34. The number of hydrogen-bond acceptors (Lipinski definition) is 2. The topological polar surface area (TPSA) is 45.0 Å². The molecule has 1 aromatic rings. The van der Waals surface area contributed by atoms with Gasteiger partial charge in [0.2, 0.25) is 0 Å². The molecule has 1 aromatic heterocycles. The molecule has 0 saturated carbocycles. The number of aromatic nitrogens is 1. The van der Waals surface area contributed by atoms with E-state index in [2.05, 4.69) is 36.8 Å². The maximum absolute atomic E-state index is 5.68. The van der Waals surface area contributed by atoms with E-state index in [0.717, 1.165) is 6.54 Å². The first-order valence-corrected chi connectivity index (χ1v) is 4.60. The van der Waals surface area contributed by atoms with Crippen molar-refractivity contribution in [3.8, 4) is 0 Å². The van der Waals surface area contributed by atoms with E-state index in [9.17, 15) is 0 Å². The van der Waals surface area contributed by atoms with Crippen LogP contribution in [0.15, 0.2) is 18.3 Å². The van der Waals surface area contributed by atoms with Gasteiger partial charge >= 0.3 is 0 Å². The molecule has 3 N–H and O–H groups in total. The number of hydrogen-bond donors (Lipinski definition) is 2. The van der Waals surface area contributed by atoms with E-state index in [1.54, 1.807) is 0 Å². The molecule has 13 heavy (non-hydrogen) atoms. The number of likely N-dealkylation sites (N-methyl/N-ethyl adjacent to an activating group) is 1. The Morgan fingerprint density at radius 3 is 2.69 bits per heavy atom. The van der Waals surface area contributed by atoms with Crippen molar-refractivity contribution in [2.75, 3.05) is 13.6 Å². The van der Waals surface area contributed by atoms with Gasteiger partial charge in [-0.3, -0.25) is 4.90 Å². The molecule has 0 fully saturated rings. The fraction of sp³-hybridized carbons (Fsp3) is 0.600. The van der Waals surface area contributed by atoms with Crippen LogP contribution in [0.2, 0.25) is 0 Å². The van der Waals surface area contributed by atoms with Crippen LogP contribution < -0.4 is 5.73 Å². The van der Waals surface area contributed by atoms with Gasteiger partial charge in [0.05, 0.1) is 0 Å². The molecule has 0 saturated heterocycles. The molecular weight excluding hydrogens is 162 g/mol. The Kier molecular flexibility index (Phi) is 3.12. The average Bonchev–Trinajstić information content (AvgIpc) is 2.57. The van der Waals surface area contributed by atoms with Gasteiger partial charge < -0.3 is 10.7 Å². The van der Waals surface area contributed by atoms with Gasteiger partial charge in [-0.05, 0) is 33.0 Å². The molecule has 1 heterocycles. The van der Waals surface area contributed by atoms with Crippen LogP contribution in [-0.4, -0.2) is 29.0 Å². The molecule has 0 aliphatic heterocycles. The highest BCUT2D eigenvalue weighted by molar-refractivity contribution is 5.04. The van der Waals surface area contributed by atoms with Gasteiger partial charge in [-0.25, -0.2) is 0 Å². The quantitative estimate of drug-likeness (QED) is 0.732. The zero-order valence-electron chi connectivity index (χ0n) is 8.67. The SMILES string of the molecule is CN(Cc1ccc[nH]1)C(C)(C)CN. The molecule has 0 radical (unpaired) electrons. The summed E-state index contributed by atoms with van der Waals surface area (Å²) in [5.41, 5.74) is 6.97. The molecule has 0 amide bonds. The van der Waals surface area contributed by atoms with Crippen molar-refractivity contribution < 1.29 is 0 Å². The van der Waals surface area contributed by atoms with Crippen LogP contribution in [0, 0.1) is 0 Å². The number of nitrogens with two attached hydrogens (primary N) is 1. The minimum Gasteiger partial charge on any atom is -0.364 e. The van der Waals surface area contributed by atoms with Crippen molar-refractivity contribution in [2.45, 2.75) is 25.9 Å². The minimum absolute atomic E-state index is 0.0606. The van der Waals surface area contributed by atoms with Crippen molar-refractivity contribution in [1.82, 2.24) is 9.88 Å². The summed E-state index contributed by atoms with van der Waals surface area (Å²) in [6.45, 7) is 5.88. The number of H-pyrrole nitrogens is 1. The molecule has 3 nitrogen and oxygen atoms in total. The molecule has 1 rings (SSSR count). The first-order valence-electron chi connectivity index (χ1n) is 4.60. The van der Waals surface area contributed by atoms with Crippen molar-refractivity contribution >= 4 is 0 Å². The lowest BCUT2D eigenvalue weighted by Crippen LogP contribution is -2.46. The highest BCUT2D eigenvalue weighted by Gasteiger charge is 2.21. The largest absolute Gasteiger partial charge is 0.364 e. The number of nitrogens with one attached hydrogen (secondary N) is 1. The second kappa shape index (κ2) is 3.94. The summed E-state index contributed by atoms with van der Waals surface area (Å²) in [5, 5.41) is 0. The predicted molar refractivity (Wildman–Crippen MR) is 55.4 cm³/mol. The Morgan fingerprint density at radius 2 is 2.23 bits per heavy atom. The van der Waals surface area contributed by atoms with Gasteiger partial charge in [0.1, 0.15) is 0 Å². The summed E-state index contributed by atoms with van der Waals surface area (Å²) in [7, 11) is 2.09. The third-order valence-electron chi connectivity index (χ3n) is 2.60. The van der Waals surface area contributed by atoms with Gasteiger partial charge in [0.15, 0.2) is 0 Å². The minimum atomic E-state index is 0.0606. The number of rotatable bonds is 4. The normalized spacial score (nSPS) is 12.4. The lowest BCUT2D eigenvalue weighted by atomic mass is 10.0. The summed E-state index contributed by atoms with van der Waals surface area (Å²) in [6.07, 6.45) is 1.94. The fourth-order valence-electron chi connectivity index (χ4n) is 1.09. The Morgan fingerprint density at radius 1 is 1.54 bits per heavy atom. The highest BCUT2D eigenvalue weighted by atomic mass is 15.2. The third kappa shape index (κ3) is 2.57. The molecular formula is C10H19N3. The van der Waals surface area contributed by atoms with Crippen molar-refractivity contribution in [3.05, 3.63) is 24.0 Å². The second-order valence-electron chi connectivity index (χ2n) is 4.07. The average molecular weight is 181 g/mol. The smallest absolute Gasteiger partial charge is 0.0387 e. The van der Waals surface area contributed by atoms with Gasteiger partial charge in [0, 0.05) is 30.5 Å². The molecule has 74 valence electrons. The van der Waals surface area contributed by atoms with E-state index in [0.29, 0.717) is 6.54 Å². The van der Waals surface area contributed by atoms with Crippen LogP contribution in [0.4, 0.5) is 0 Å². The van der Waals surface area contributed by atoms with Crippen molar-refractivity contribution in [1.29, 1.82) is 0 Å². The molecule has 0 unspecified atom stereocenters. The number of nitrogens with zero attached hydrogens (tertiary/aromatic N) is 1. The molecule has 0 atom stereocenters. The van der Waals surface area contributed by atoms with Crippen LogP contribution >= 0.6 is 0 Å². The van der Waals surface area contributed by atoms with E-state index < -0.39 is 0 Å². The first kappa shape index (κ1) is 10.3. The van der Waals surface area contributed by atoms with Crippen LogP contribution in [0.25, 0.3) is 0 Å². The van der Waals surface area contributed by atoms with Crippen molar-refractivity contribution in [3.63, 3.8) is 0 Å². The van der Waals surface area contributed by atoms with Crippen LogP contribution in [-0.2, 0) is 6.54 Å². The van der Waals surface area contributed by atoms with E-state index in [4.69, 9.17) is 5.73 Å². The Labute approximate surface area is 79.9 Å². The van der Waals surface area contributed by atoms with E-state index in [1.807, 2.05) is 12.3 Å². The van der Waals surface area contributed by atoms with E-state index in [-0.39, 0.29) is 5.54 Å². The molecule has 0 spiro atoms. The van der Waals surface area contributed by atoms with Crippen LogP contribution in [0.1, 0.15) is 19.5 Å². The highest BCUT2D eigenvalue weighted by Crippen LogP contribution is 2.13. The standard InChI is InChI=1S/C10H19N3/c1-10(2,8-11)13(3)7-9-5-4-6-12-9/h4-6,12H,7-8,11H2,1-3H3. The summed E-state index contributed by atoms with van der Waals surface area (Å²) >= 11 is 0. The first-order chi connectivity index (χ1) is 6.06. The van der Waals surface area contributed by atoms with Gasteiger partial charge in [-0.2, -0.15) is 0 Å². The maximum Gasteiger partial charge on any atom is 0.0387 e.